The van der Waals surface area contributed by atoms with Crippen LogP contribution in [0.4, 0.5) is 0 Å². The molecule has 2 aliphatic rings. The van der Waals surface area contributed by atoms with Crippen LogP contribution in [0.3, 0.4) is 0 Å². The second kappa shape index (κ2) is 4.30. The van der Waals surface area contributed by atoms with Gasteiger partial charge < -0.3 is 5.32 Å². The van der Waals surface area contributed by atoms with Crippen LogP contribution in [0, 0.1) is 5.92 Å². The number of piperidine rings is 1. The number of pyridine rings is 1. The lowest BCUT2D eigenvalue weighted by molar-refractivity contribution is 0.348. The molecule has 1 aromatic rings. The Bertz CT molecular complexity index is 410. The van der Waals surface area contributed by atoms with E-state index in [1.54, 1.807) is 0 Å². The molecule has 1 aliphatic carbocycles. The number of hydrogen-bond donors (Lipinski definition) is 1. The van der Waals surface area contributed by atoms with Crippen LogP contribution in [0.2, 0.25) is 0 Å². The van der Waals surface area contributed by atoms with Crippen molar-refractivity contribution in [1.29, 1.82) is 0 Å². The van der Waals surface area contributed by atoms with Gasteiger partial charge in [-0.1, -0.05) is 12.1 Å². The molecule has 1 aliphatic heterocycles. The molecular formula is C13H15BrN2. The molecule has 84 valence electrons. The van der Waals surface area contributed by atoms with E-state index in [0.29, 0.717) is 6.04 Å². The van der Waals surface area contributed by atoms with Crippen LogP contribution in [0.15, 0.2) is 29.0 Å². The van der Waals surface area contributed by atoms with E-state index in [9.17, 15) is 0 Å². The normalized spacial score (nSPS) is 28.7. The molecule has 0 aromatic carbocycles. The summed E-state index contributed by atoms with van der Waals surface area (Å²) in [5.74, 6) is 0.743. The van der Waals surface area contributed by atoms with E-state index in [2.05, 4.69) is 38.4 Å². The molecule has 0 bridgehead atoms. The molecule has 1 N–H and O–H groups in total. The smallest absolute Gasteiger partial charge is 0.106 e. The Balaban J connectivity index is 1.83. The number of nitrogens with one attached hydrogen (secondary N) is 1. The minimum Gasteiger partial charge on any atom is -0.313 e. The predicted octanol–water partition coefficient (Wildman–Crippen LogP) is 3.00. The summed E-state index contributed by atoms with van der Waals surface area (Å²) >= 11 is 3.37. The van der Waals surface area contributed by atoms with Crippen molar-refractivity contribution in [2.45, 2.75) is 25.3 Å². The maximum Gasteiger partial charge on any atom is 0.106 e. The zero-order valence-corrected chi connectivity index (χ0v) is 10.7. The van der Waals surface area contributed by atoms with Crippen LogP contribution in [0.25, 0.3) is 5.57 Å². The van der Waals surface area contributed by atoms with Gasteiger partial charge in [0.25, 0.3) is 0 Å². The fourth-order valence-corrected chi connectivity index (χ4v) is 2.98. The van der Waals surface area contributed by atoms with Crippen LogP contribution in [0.1, 0.15) is 24.8 Å². The van der Waals surface area contributed by atoms with E-state index in [-0.39, 0.29) is 0 Å². The summed E-state index contributed by atoms with van der Waals surface area (Å²) in [4.78, 5) is 4.30. The first kappa shape index (κ1) is 10.5. The van der Waals surface area contributed by atoms with Crippen molar-refractivity contribution in [3.8, 4) is 0 Å². The molecule has 2 nitrogen and oxygen atoms in total. The molecule has 2 atom stereocenters. The number of halogens is 1. The number of nitrogens with zero attached hydrogens (tertiary/aromatic N) is 1. The highest BCUT2D eigenvalue weighted by atomic mass is 79.9. The first-order valence-electron chi connectivity index (χ1n) is 5.89. The van der Waals surface area contributed by atoms with Crippen molar-refractivity contribution < 1.29 is 0 Å². The van der Waals surface area contributed by atoms with Crippen LogP contribution in [-0.2, 0) is 0 Å². The summed E-state index contributed by atoms with van der Waals surface area (Å²) in [6, 6.07) is 4.85. The number of aromatic nitrogens is 1. The largest absolute Gasteiger partial charge is 0.313 e. The molecule has 0 spiro atoms. The van der Waals surface area contributed by atoms with Crippen molar-refractivity contribution in [2.75, 3.05) is 6.54 Å². The van der Waals surface area contributed by atoms with Gasteiger partial charge in [0.1, 0.15) is 4.60 Å². The maximum atomic E-state index is 4.30. The van der Waals surface area contributed by atoms with Gasteiger partial charge in [-0.3, -0.25) is 0 Å². The lowest BCUT2D eigenvalue weighted by atomic mass is 9.94. The Morgan fingerprint density at radius 1 is 1.38 bits per heavy atom. The van der Waals surface area contributed by atoms with Gasteiger partial charge in [0.05, 0.1) is 0 Å². The quantitative estimate of drug-likeness (QED) is 0.799. The zero-order valence-electron chi connectivity index (χ0n) is 9.12. The van der Waals surface area contributed by atoms with E-state index in [0.717, 1.165) is 16.9 Å². The minimum absolute atomic E-state index is 0.674. The van der Waals surface area contributed by atoms with Gasteiger partial charge in [-0.2, -0.15) is 0 Å². The second-order valence-corrected chi connectivity index (χ2v) is 5.44. The Hall–Kier alpha value is -0.670. The zero-order chi connectivity index (χ0) is 11.0. The molecule has 1 saturated heterocycles. The summed E-state index contributed by atoms with van der Waals surface area (Å²) in [7, 11) is 0. The monoisotopic (exact) mass is 278 g/mol. The predicted molar refractivity (Wildman–Crippen MR) is 69.0 cm³/mol. The van der Waals surface area contributed by atoms with Crippen LogP contribution in [-0.4, -0.2) is 17.6 Å². The van der Waals surface area contributed by atoms with Gasteiger partial charge in [-0.15, -0.1) is 0 Å². The van der Waals surface area contributed by atoms with E-state index in [1.165, 1.54) is 30.5 Å². The van der Waals surface area contributed by atoms with Crippen molar-refractivity contribution in [3.05, 3.63) is 34.6 Å². The highest BCUT2D eigenvalue weighted by Crippen LogP contribution is 2.35. The molecular weight excluding hydrogens is 264 g/mol. The van der Waals surface area contributed by atoms with E-state index >= 15 is 0 Å². The third kappa shape index (κ3) is 1.94. The van der Waals surface area contributed by atoms with Crippen molar-refractivity contribution in [2.24, 2.45) is 5.92 Å². The van der Waals surface area contributed by atoms with Gasteiger partial charge in [-0.25, -0.2) is 4.98 Å². The summed E-state index contributed by atoms with van der Waals surface area (Å²) in [5.41, 5.74) is 2.74. The summed E-state index contributed by atoms with van der Waals surface area (Å²) in [6.45, 7) is 1.18. The maximum absolute atomic E-state index is 4.30. The lowest BCUT2D eigenvalue weighted by Gasteiger charge is -2.25. The van der Waals surface area contributed by atoms with Crippen LogP contribution in [0.5, 0.6) is 0 Å². The van der Waals surface area contributed by atoms with Gasteiger partial charge >= 0.3 is 0 Å². The molecule has 16 heavy (non-hydrogen) atoms. The topological polar surface area (TPSA) is 24.9 Å². The molecule has 3 heteroatoms. The molecule has 0 amide bonds. The number of fused-ring (bicyclic) bond motifs is 1. The van der Waals surface area contributed by atoms with E-state index in [4.69, 9.17) is 0 Å². The highest BCUT2D eigenvalue weighted by Gasteiger charge is 2.29. The third-order valence-electron chi connectivity index (χ3n) is 3.59. The molecule has 0 unspecified atom stereocenters. The first-order valence-corrected chi connectivity index (χ1v) is 6.68. The van der Waals surface area contributed by atoms with E-state index in [1.807, 2.05) is 12.3 Å². The summed E-state index contributed by atoms with van der Waals surface area (Å²) in [5, 5.41) is 3.61. The minimum atomic E-state index is 0.674. The average Bonchev–Trinajstić information content (AvgIpc) is 2.73. The average molecular weight is 279 g/mol. The van der Waals surface area contributed by atoms with Crippen LogP contribution < -0.4 is 5.32 Å². The summed E-state index contributed by atoms with van der Waals surface area (Å²) < 4.78 is 0.908. The molecule has 1 fully saturated rings. The van der Waals surface area contributed by atoms with Crippen molar-refractivity contribution >= 4 is 21.5 Å². The van der Waals surface area contributed by atoms with Gasteiger partial charge in [0.15, 0.2) is 0 Å². The number of hydrogen-bond acceptors (Lipinski definition) is 2. The van der Waals surface area contributed by atoms with Gasteiger partial charge in [-0.05, 0) is 64.9 Å². The van der Waals surface area contributed by atoms with Gasteiger partial charge in [0, 0.05) is 12.2 Å². The highest BCUT2D eigenvalue weighted by molar-refractivity contribution is 9.10. The molecule has 0 saturated carbocycles. The Labute approximate surface area is 104 Å². The molecule has 0 radical (unpaired) electrons. The molecule has 1 aromatic heterocycles. The Morgan fingerprint density at radius 2 is 2.31 bits per heavy atom. The Kier molecular flexibility index (Phi) is 2.82. The fraction of sp³-hybridized carbons (Fsp3) is 0.462. The second-order valence-electron chi connectivity index (χ2n) is 4.63. The number of rotatable bonds is 1. The molecule has 3 rings (SSSR count). The molecule has 2 heterocycles. The van der Waals surface area contributed by atoms with E-state index < -0.39 is 0 Å². The van der Waals surface area contributed by atoms with Crippen molar-refractivity contribution in [3.63, 3.8) is 0 Å². The first-order chi connectivity index (χ1) is 7.83. The SMILES string of the molecule is Brc1ccc(C2=C[C@H]3CCCN[C@H]3C2)cn1. The Morgan fingerprint density at radius 3 is 3.06 bits per heavy atom. The lowest BCUT2D eigenvalue weighted by Crippen LogP contribution is -2.37. The standard InChI is InChI=1S/C13H15BrN2/c14-13-4-3-10(8-16-13)11-6-9-2-1-5-15-12(9)7-11/h3-4,6,8-9,12,15H,1-2,5,7H2/t9-,12+/m1/s1. The van der Waals surface area contributed by atoms with Crippen LogP contribution >= 0.6 is 15.9 Å². The van der Waals surface area contributed by atoms with Crippen molar-refractivity contribution in [1.82, 2.24) is 10.3 Å². The fourth-order valence-electron chi connectivity index (χ4n) is 2.74. The third-order valence-corrected chi connectivity index (χ3v) is 4.06. The van der Waals surface area contributed by atoms with Gasteiger partial charge in [0.2, 0.25) is 0 Å². The summed E-state index contributed by atoms with van der Waals surface area (Å²) in [6.07, 6.45) is 8.22.